The molecule has 0 unspecified atom stereocenters. The molecule has 108 valence electrons. The van der Waals surface area contributed by atoms with Gasteiger partial charge in [0.2, 0.25) is 0 Å². The molecular formula is C17H16BrNO2. The van der Waals surface area contributed by atoms with Crippen LogP contribution in [0, 0.1) is 0 Å². The molecule has 0 saturated heterocycles. The van der Waals surface area contributed by atoms with Gasteiger partial charge in [0.05, 0.1) is 5.56 Å². The van der Waals surface area contributed by atoms with Crippen molar-refractivity contribution < 1.29 is 9.90 Å². The molecule has 0 fully saturated rings. The number of rotatable bonds is 5. The van der Waals surface area contributed by atoms with Gasteiger partial charge < -0.3 is 10.0 Å². The van der Waals surface area contributed by atoms with E-state index in [2.05, 4.69) is 22.5 Å². The van der Waals surface area contributed by atoms with Crippen molar-refractivity contribution >= 4 is 21.8 Å². The first kappa shape index (κ1) is 15.3. The van der Waals surface area contributed by atoms with Crippen molar-refractivity contribution in [1.29, 1.82) is 0 Å². The molecule has 0 radical (unpaired) electrons. The lowest BCUT2D eigenvalue weighted by molar-refractivity contribution is 0.0759. The van der Waals surface area contributed by atoms with E-state index in [-0.39, 0.29) is 17.2 Å². The van der Waals surface area contributed by atoms with Gasteiger partial charge in [-0.25, -0.2) is 0 Å². The van der Waals surface area contributed by atoms with Crippen molar-refractivity contribution in [3.63, 3.8) is 0 Å². The molecule has 21 heavy (non-hydrogen) atoms. The highest BCUT2D eigenvalue weighted by Gasteiger charge is 2.18. The lowest BCUT2D eigenvalue weighted by Crippen LogP contribution is -2.30. The molecule has 1 N–H and O–H groups in total. The number of carbonyl (C=O) groups is 1. The highest BCUT2D eigenvalue weighted by atomic mass is 79.9. The van der Waals surface area contributed by atoms with Crippen LogP contribution in [0.4, 0.5) is 0 Å². The van der Waals surface area contributed by atoms with Crippen LogP contribution in [0.3, 0.4) is 0 Å². The molecule has 0 aliphatic heterocycles. The van der Waals surface area contributed by atoms with Crippen LogP contribution in [-0.4, -0.2) is 22.5 Å². The first-order valence-corrected chi connectivity index (χ1v) is 7.33. The van der Waals surface area contributed by atoms with Crippen molar-refractivity contribution in [2.45, 2.75) is 6.54 Å². The quantitative estimate of drug-likeness (QED) is 0.832. The van der Waals surface area contributed by atoms with Gasteiger partial charge in [0.15, 0.2) is 0 Å². The summed E-state index contributed by atoms with van der Waals surface area (Å²) in [5.41, 5.74) is 1.31. The Bertz CT molecular complexity index is 640. The molecule has 0 atom stereocenters. The molecule has 1 amide bonds. The van der Waals surface area contributed by atoms with Gasteiger partial charge in [0.1, 0.15) is 5.75 Å². The third kappa shape index (κ3) is 3.95. The van der Waals surface area contributed by atoms with E-state index in [0.717, 1.165) is 10.0 Å². The zero-order chi connectivity index (χ0) is 15.2. The number of phenols is 1. The van der Waals surface area contributed by atoms with Gasteiger partial charge in [-0.15, -0.1) is 6.58 Å². The van der Waals surface area contributed by atoms with Crippen molar-refractivity contribution in [2.75, 3.05) is 6.54 Å². The van der Waals surface area contributed by atoms with Gasteiger partial charge in [0.25, 0.3) is 5.91 Å². The Morgan fingerprint density at radius 2 is 1.95 bits per heavy atom. The zero-order valence-electron chi connectivity index (χ0n) is 11.5. The summed E-state index contributed by atoms with van der Waals surface area (Å²) in [7, 11) is 0. The Balaban J connectivity index is 2.27. The summed E-state index contributed by atoms with van der Waals surface area (Å²) in [6, 6.07) is 14.5. The number of halogens is 1. The van der Waals surface area contributed by atoms with E-state index in [1.165, 1.54) is 6.07 Å². The van der Waals surface area contributed by atoms with Crippen LogP contribution in [0.25, 0.3) is 0 Å². The molecule has 0 heterocycles. The molecular weight excluding hydrogens is 330 g/mol. The first-order chi connectivity index (χ1) is 10.1. The maximum atomic E-state index is 12.6. The van der Waals surface area contributed by atoms with Gasteiger partial charge in [-0.1, -0.05) is 52.3 Å². The van der Waals surface area contributed by atoms with Crippen molar-refractivity contribution in [3.8, 4) is 5.75 Å². The van der Waals surface area contributed by atoms with Crippen LogP contribution in [0.5, 0.6) is 5.75 Å². The fourth-order valence-electron chi connectivity index (χ4n) is 2.03. The van der Waals surface area contributed by atoms with Gasteiger partial charge in [0, 0.05) is 17.6 Å². The second-order valence-electron chi connectivity index (χ2n) is 4.62. The van der Waals surface area contributed by atoms with E-state index in [1.54, 1.807) is 23.1 Å². The number of aromatic hydroxyl groups is 1. The number of benzene rings is 2. The molecule has 3 nitrogen and oxygen atoms in total. The van der Waals surface area contributed by atoms with Crippen LogP contribution in [0.1, 0.15) is 15.9 Å². The summed E-state index contributed by atoms with van der Waals surface area (Å²) in [4.78, 5) is 14.3. The lowest BCUT2D eigenvalue weighted by Gasteiger charge is -2.22. The van der Waals surface area contributed by atoms with Gasteiger partial charge in [-0.2, -0.15) is 0 Å². The lowest BCUT2D eigenvalue weighted by atomic mass is 10.1. The standard InChI is InChI=1S/C17H16BrNO2/c1-2-10-19(12-13-6-4-3-5-7-13)17(21)15-11-14(18)8-9-16(15)20/h2-9,11,20H,1,10,12H2. The maximum absolute atomic E-state index is 12.6. The fourth-order valence-corrected chi connectivity index (χ4v) is 2.39. The second kappa shape index (κ2) is 7.09. The average Bonchev–Trinajstić information content (AvgIpc) is 2.49. The Morgan fingerprint density at radius 1 is 1.24 bits per heavy atom. The molecule has 2 rings (SSSR count). The van der Waals surface area contributed by atoms with E-state index < -0.39 is 0 Å². The van der Waals surface area contributed by atoms with Crippen LogP contribution in [-0.2, 0) is 6.54 Å². The van der Waals surface area contributed by atoms with E-state index in [9.17, 15) is 9.90 Å². The number of nitrogens with zero attached hydrogens (tertiary/aromatic N) is 1. The summed E-state index contributed by atoms with van der Waals surface area (Å²) < 4.78 is 0.752. The molecule has 0 aliphatic rings. The first-order valence-electron chi connectivity index (χ1n) is 6.54. The topological polar surface area (TPSA) is 40.5 Å². The van der Waals surface area contributed by atoms with Crippen molar-refractivity contribution in [1.82, 2.24) is 4.90 Å². The summed E-state index contributed by atoms with van der Waals surface area (Å²) >= 11 is 3.32. The van der Waals surface area contributed by atoms with E-state index >= 15 is 0 Å². The Morgan fingerprint density at radius 3 is 2.62 bits per heavy atom. The van der Waals surface area contributed by atoms with Crippen LogP contribution < -0.4 is 0 Å². The molecule has 0 aromatic heterocycles. The zero-order valence-corrected chi connectivity index (χ0v) is 13.1. The van der Waals surface area contributed by atoms with Gasteiger partial charge >= 0.3 is 0 Å². The number of amides is 1. The average molecular weight is 346 g/mol. The number of hydrogen-bond donors (Lipinski definition) is 1. The number of carbonyl (C=O) groups excluding carboxylic acids is 1. The number of hydrogen-bond acceptors (Lipinski definition) is 2. The summed E-state index contributed by atoms with van der Waals surface area (Å²) in [5.74, 6) is -0.247. The predicted octanol–water partition coefficient (Wildman–Crippen LogP) is 3.98. The largest absolute Gasteiger partial charge is 0.507 e. The molecule has 0 spiro atoms. The molecule has 4 heteroatoms. The van der Waals surface area contributed by atoms with E-state index in [0.29, 0.717) is 13.1 Å². The van der Waals surface area contributed by atoms with Crippen molar-refractivity contribution in [2.24, 2.45) is 0 Å². The molecule has 0 aliphatic carbocycles. The third-order valence-corrected chi connectivity index (χ3v) is 3.54. The molecule has 2 aromatic rings. The highest BCUT2D eigenvalue weighted by Crippen LogP contribution is 2.24. The van der Waals surface area contributed by atoms with Crippen molar-refractivity contribution in [3.05, 3.63) is 76.8 Å². The number of phenolic OH excluding ortho intramolecular Hbond substituents is 1. The Hall–Kier alpha value is -2.07. The Kier molecular flexibility index (Phi) is 5.17. The van der Waals surface area contributed by atoms with Crippen LogP contribution >= 0.6 is 15.9 Å². The summed E-state index contributed by atoms with van der Waals surface area (Å²) in [5, 5.41) is 9.89. The smallest absolute Gasteiger partial charge is 0.258 e. The van der Waals surface area contributed by atoms with E-state index in [4.69, 9.17) is 0 Å². The normalized spacial score (nSPS) is 10.1. The Labute approximate surface area is 132 Å². The summed E-state index contributed by atoms with van der Waals surface area (Å²) in [6.07, 6.45) is 1.68. The molecule has 2 aromatic carbocycles. The van der Waals surface area contributed by atoms with E-state index in [1.807, 2.05) is 30.3 Å². The van der Waals surface area contributed by atoms with Crippen LogP contribution in [0.15, 0.2) is 65.7 Å². The van der Waals surface area contributed by atoms with Crippen LogP contribution in [0.2, 0.25) is 0 Å². The third-order valence-electron chi connectivity index (χ3n) is 3.04. The minimum atomic E-state index is -0.224. The fraction of sp³-hybridized carbons (Fsp3) is 0.118. The minimum absolute atomic E-state index is 0.0228. The monoisotopic (exact) mass is 345 g/mol. The molecule has 0 bridgehead atoms. The predicted molar refractivity (Wildman–Crippen MR) is 87.2 cm³/mol. The highest BCUT2D eigenvalue weighted by molar-refractivity contribution is 9.10. The summed E-state index contributed by atoms with van der Waals surface area (Å²) in [6.45, 7) is 4.58. The second-order valence-corrected chi connectivity index (χ2v) is 5.54. The molecule has 0 saturated carbocycles. The SMILES string of the molecule is C=CCN(Cc1ccccc1)C(=O)c1cc(Br)ccc1O. The minimum Gasteiger partial charge on any atom is -0.507 e. The van der Waals surface area contributed by atoms with Gasteiger partial charge in [-0.05, 0) is 23.8 Å². The van der Waals surface area contributed by atoms with Gasteiger partial charge in [-0.3, -0.25) is 4.79 Å². The maximum Gasteiger partial charge on any atom is 0.258 e.